The molecule has 0 bridgehead atoms. The highest BCUT2D eigenvalue weighted by atomic mass is 28.5. The van der Waals surface area contributed by atoms with Crippen LogP contribution in [0.4, 0.5) is 0 Å². The molecule has 0 fully saturated rings. The van der Waals surface area contributed by atoms with E-state index >= 15 is 0 Å². The van der Waals surface area contributed by atoms with Crippen LogP contribution >= 0.6 is 0 Å². The van der Waals surface area contributed by atoms with Gasteiger partial charge in [0.05, 0.1) is 0 Å². The Kier molecular flexibility index (Phi) is 4.80. The second-order valence-corrected chi connectivity index (χ2v) is 18.7. The van der Waals surface area contributed by atoms with Crippen LogP contribution in [0.3, 0.4) is 0 Å². The highest BCUT2D eigenvalue weighted by molar-refractivity contribution is 6.87. The largest absolute Gasteiger partial charge is 0.437 e. The summed E-state index contributed by atoms with van der Waals surface area (Å²) in [4.78, 5) is 0. The summed E-state index contributed by atoms with van der Waals surface area (Å²) in [6, 6.07) is 1.17. The van der Waals surface area contributed by atoms with E-state index in [2.05, 4.69) is 52.8 Å². The lowest BCUT2D eigenvalue weighted by Crippen LogP contribution is -2.51. The van der Waals surface area contributed by atoms with Gasteiger partial charge in [-0.2, -0.15) is 0 Å². The van der Waals surface area contributed by atoms with Gasteiger partial charge < -0.3 is 8.23 Å². The molecule has 0 aliphatic heterocycles. The summed E-state index contributed by atoms with van der Waals surface area (Å²) < 4.78 is 12.4. The van der Waals surface area contributed by atoms with Crippen molar-refractivity contribution in [1.29, 1.82) is 0 Å². The Hall–Kier alpha value is 0.571. The summed E-state index contributed by atoms with van der Waals surface area (Å²) in [5.74, 6) is 0. The van der Waals surface area contributed by atoms with E-state index in [1.54, 1.807) is 0 Å². The van der Waals surface area contributed by atoms with Crippen LogP contribution in [0.25, 0.3) is 0 Å². The van der Waals surface area contributed by atoms with E-state index in [0.29, 0.717) is 0 Å². The van der Waals surface area contributed by atoms with Gasteiger partial charge in [-0.05, 0) is 51.9 Å². The summed E-state index contributed by atoms with van der Waals surface area (Å²) in [6.07, 6.45) is 0. The maximum atomic E-state index is 6.24. The van der Waals surface area contributed by atoms with Gasteiger partial charge >= 0.3 is 8.56 Å². The number of hydrogen-bond donors (Lipinski definition) is 0. The van der Waals surface area contributed by atoms with E-state index in [9.17, 15) is 0 Å². The smallest absolute Gasteiger partial charge is 0.311 e. The summed E-state index contributed by atoms with van der Waals surface area (Å²) >= 11 is 0. The van der Waals surface area contributed by atoms with Crippen LogP contribution in [0, 0.1) is 0 Å². The maximum Gasteiger partial charge on any atom is 0.311 e. The quantitative estimate of drug-likeness (QED) is 0.691. The normalized spacial score (nSPS) is 14.6. The van der Waals surface area contributed by atoms with Crippen molar-refractivity contribution in [1.82, 2.24) is 0 Å². The van der Waals surface area contributed by atoms with Crippen molar-refractivity contribution in [3.05, 3.63) is 0 Å². The van der Waals surface area contributed by atoms with Crippen LogP contribution in [0.2, 0.25) is 51.9 Å². The minimum absolute atomic E-state index is 1.17. The monoisotopic (exact) mass is 250 g/mol. The van der Waals surface area contributed by atoms with Crippen LogP contribution in [-0.4, -0.2) is 25.2 Å². The Morgan fingerprint density at radius 3 is 1.50 bits per heavy atom. The first-order chi connectivity index (χ1) is 5.97. The van der Waals surface area contributed by atoms with Gasteiger partial charge in [0.15, 0.2) is 16.6 Å². The second kappa shape index (κ2) is 4.61. The molecule has 0 heterocycles. The van der Waals surface area contributed by atoms with Gasteiger partial charge in [-0.15, -0.1) is 0 Å². The fourth-order valence-corrected chi connectivity index (χ4v) is 13.8. The SMILES string of the molecule is CC[Si](C)(C)O[Si](C)(C)O[Si](C)(C)C. The zero-order valence-electron chi connectivity index (χ0n) is 11.0. The molecule has 0 rings (SSSR count). The van der Waals surface area contributed by atoms with E-state index in [4.69, 9.17) is 8.23 Å². The molecule has 0 saturated heterocycles. The molecule has 0 saturated carbocycles. The predicted molar refractivity (Wildman–Crippen MR) is 71.0 cm³/mol. The number of rotatable bonds is 5. The summed E-state index contributed by atoms with van der Waals surface area (Å²) in [6.45, 7) is 17.8. The second-order valence-electron chi connectivity index (χ2n) is 5.83. The standard InChI is InChI=1S/C9H26O2Si3/c1-9-13(5,6)11-14(7,8)10-12(2,3)4/h9H2,1-8H3. The Labute approximate surface area is 92.5 Å². The predicted octanol–water partition coefficient (Wildman–Crippen LogP) is 3.78. The Balaban J connectivity index is 4.35. The topological polar surface area (TPSA) is 18.5 Å². The molecule has 0 aliphatic rings. The van der Waals surface area contributed by atoms with E-state index in [1.165, 1.54) is 6.04 Å². The third-order valence-corrected chi connectivity index (χ3v) is 12.2. The fraction of sp³-hybridized carbons (Fsp3) is 1.00. The molecule has 86 valence electrons. The zero-order chi connectivity index (χ0) is 11.6. The fourth-order valence-electron chi connectivity index (χ4n) is 1.50. The molecule has 0 unspecified atom stereocenters. The average Bonchev–Trinajstić information content (AvgIpc) is 1.78. The van der Waals surface area contributed by atoms with Gasteiger partial charge in [-0.3, -0.25) is 0 Å². The lowest BCUT2D eigenvalue weighted by atomic mass is 11.0. The first-order valence-electron chi connectivity index (χ1n) is 5.38. The molecular weight excluding hydrogens is 224 g/mol. The van der Waals surface area contributed by atoms with Crippen molar-refractivity contribution in [3.63, 3.8) is 0 Å². The molecule has 0 spiro atoms. The average molecular weight is 251 g/mol. The minimum atomic E-state index is -1.87. The van der Waals surface area contributed by atoms with Crippen molar-refractivity contribution in [2.45, 2.75) is 58.8 Å². The van der Waals surface area contributed by atoms with Crippen molar-refractivity contribution in [2.75, 3.05) is 0 Å². The highest BCUT2D eigenvalue weighted by Gasteiger charge is 2.36. The molecule has 0 atom stereocenters. The molecule has 0 aliphatic carbocycles. The molecule has 0 aromatic heterocycles. The maximum absolute atomic E-state index is 6.24. The Bertz CT molecular complexity index is 185. The van der Waals surface area contributed by atoms with Gasteiger partial charge in [-0.25, -0.2) is 0 Å². The van der Waals surface area contributed by atoms with Crippen molar-refractivity contribution < 1.29 is 8.23 Å². The van der Waals surface area contributed by atoms with Gasteiger partial charge in [0, 0.05) is 0 Å². The van der Waals surface area contributed by atoms with Gasteiger partial charge in [0.25, 0.3) is 0 Å². The van der Waals surface area contributed by atoms with Crippen LogP contribution in [0.1, 0.15) is 6.92 Å². The van der Waals surface area contributed by atoms with Gasteiger partial charge in [-0.1, -0.05) is 6.92 Å². The number of hydrogen-bond acceptors (Lipinski definition) is 2. The zero-order valence-corrected chi connectivity index (χ0v) is 14.0. The Morgan fingerprint density at radius 2 is 1.21 bits per heavy atom. The lowest BCUT2D eigenvalue weighted by molar-refractivity contribution is 0.392. The van der Waals surface area contributed by atoms with E-state index in [1.807, 2.05) is 0 Å². The van der Waals surface area contributed by atoms with E-state index in [0.717, 1.165) is 0 Å². The van der Waals surface area contributed by atoms with Crippen molar-refractivity contribution >= 4 is 25.2 Å². The van der Waals surface area contributed by atoms with Crippen LogP contribution < -0.4 is 0 Å². The Morgan fingerprint density at radius 1 is 0.786 bits per heavy atom. The van der Waals surface area contributed by atoms with Crippen LogP contribution in [-0.2, 0) is 8.23 Å². The van der Waals surface area contributed by atoms with Gasteiger partial charge in [0.2, 0.25) is 0 Å². The van der Waals surface area contributed by atoms with Crippen LogP contribution in [0.15, 0.2) is 0 Å². The molecule has 0 N–H and O–H groups in total. The molecule has 0 aromatic rings. The molecular formula is C9H26O2Si3. The third-order valence-electron chi connectivity index (χ3n) is 1.93. The van der Waals surface area contributed by atoms with Crippen molar-refractivity contribution in [2.24, 2.45) is 0 Å². The summed E-state index contributed by atoms with van der Waals surface area (Å²) in [5, 5.41) is 0. The highest BCUT2D eigenvalue weighted by Crippen LogP contribution is 2.22. The third kappa shape index (κ3) is 6.94. The molecule has 0 amide bonds. The van der Waals surface area contributed by atoms with Gasteiger partial charge in [0.1, 0.15) is 0 Å². The first-order valence-corrected chi connectivity index (χ1v) is 14.7. The minimum Gasteiger partial charge on any atom is -0.437 e. The molecule has 2 nitrogen and oxygen atoms in total. The van der Waals surface area contributed by atoms with Crippen LogP contribution in [0.5, 0.6) is 0 Å². The molecule has 0 aromatic carbocycles. The molecule has 0 radical (unpaired) electrons. The molecule has 14 heavy (non-hydrogen) atoms. The van der Waals surface area contributed by atoms with E-state index in [-0.39, 0.29) is 0 Å². The summed E-state index contributed by atoms with van der Waals surface area (Å²) in [7, 11) is -4.77. The van der Waals surface area contributed by atoms with Crippen molar-refractivity contribution in [3.8, 4) is 0 Å². The van der Waals surface area contributed by atoms with E-state index < -0.39 is 25.2 Å². The lowest BCUT2D eigenvalue weighted by Gasteiger charge is -2.37. The summed E-state index contributed by atoms with van der Waals surface area (Å²) in [5.41, 5.74) is 0. The first kappa shape index (κ1) is 14.6. The molecule has 5 heteroatoms.